The van der Waals surface area contributed by atoms with Crippen molar-refractivity contribution in [1.29, 1.82) is 0 Å². The fraction of sp³-hybridized carbons (Fsp3) is 0.533. The third kappa shape index (κ3) is 4.43. The maximum absolute atomic E-state index is 13.3. The number of ether oxygens (including phenoxy) is 1. The van der Waals surface area contributed by atoms with E-state index in [2.05, 4.69) is 0 Å². The van der Waals surface area contributed by atoms with Crippen LogP contribution in [0.2, 0.25) is 0 Å². The lowest BCUT2D eigenvalue weighted by Gasteiger charge is -2.34. The van der Waals surface area contributed by atoms with Crippen molar-refractivity contribution in [2.45, 2.75) is 18.6 Å². The SMILES string of the molecule is CSCC[C@H](N)C(=O)N1CCO[C@@H](c2cccc(F)c2)C1. The Bertz CT molecular complexity index is 486. The average Bonchev–Trinajstić information content (AvgIpc) is 2.52. The number of hydrogen-bond acceptors (Lipinski definition) is 4. The predicted molar refractivity (Wildman–Crippen MR) is 82.6 cm³/mol. The van der Waals surface area contributed by atoms with E-state index in [4.69, 9.17) is 10.5 Å². The quantitative estimate of drug-likeness (QED) is 0.901. The van der Waals surface area contributed by atoms with Gasteiger partial charge in [-0.3, -0.25) is 4.79 Å². The summed E-state index contributed by atoms with van der Waals surface area (Å²) < 4.78 is 18.9. The summed E-state index contributed by atoms with van der Waals surface area (Å²) in [5.74, 6) is 0.523. The highest BCUT2D eigenvalue weighted by Gasteiger charge is 2.28. The molecule has 1 saturated heterocycles. The molecule has 0 aliphatic carbocycles. The largest absolute Gasteiger partial charge is 0.370 e. The average molecular weight is 312 g/mol. The summed E-state index contributed by atoms with van der Waals surface area (Å²) in [5.41, 5.74) is 6.69. The predicted octanol–water partition coefficient (Wildman–Crippen LogP) is 1.81. The zero-order valence-electron chi connectivity index (χ0n) is 12.1. The number of morpholine rings is 1. The van der Waals surface area contributed by atoms with Crippen LogP contribution in [0.1, 0.15) is 18.1 Å². The summed E-state index contributed by atoms with van der Waals surface area (Å²) in [5, 5.41) is 0. The van der Waals surface area contributed by atoms with Crippen LogP contribution >= 0.6 is 11.8 Å². The lowest BCUT2D eigenvalue weighted by Crippen LogP contribution is -2.49. The Morgan fingerprint density at radius 3 is 3.14 bits per heavy atom. The number of nitrogens with two attached hydrogens (primary N) is 1. The minimum atomic E-state index is -0.469. The Kier molecular flexibility index (Phi) is 6.02. The number of amides is 1. The Morgan fingerprint density at radius 1 is 1.62 bits per heavy atom. The summed E-state index contributed by atoms with van der Waals surface area (Å²) in [6, 6.07) is 5.84. The van der Waals surface area contributed by atoms with Crippen LogP contribution in [0.15, 0.2) is 24.3 Å². The molecule has 1 heterocycles. The molecule has 1 aromatic carbocycles. The molecule has 2 N–H and O–H groups in total. The molecule has 0 spiro atoms. The molecule has 0 aromatic heterocycles. The van der Waals surface area contributed by atoms with E-state index in [1.54, 1.807) is 22.7 Å². The third-order valence-corrected chi connectivity index (χ3v) is 4.19. The van der Waals surface area contributed by atoms with Crippen LogP contribution in [-0.4, -0.2) is 48.6 Å². The minimum Gasteiger partial charge on any atom is -0.370 e. The molecule has 1 aliphatic rings. The Morgan fingerprint density at radius 2 is 2.43 bits per heavy atom. The zero-order valence-corrected chi connectivity index (χ0v) is 12.9. The van der Waals surface area contributed by atoms with Crippen LogP contribution < -0.4 is 5.73 Å². The van der Waals surface area contributed by atoms with Crippen LogP contribution in [0.25, 0.3) is 0 Å². The van der Waals surface area contributed by atoms with Gasteiger partial charge in [0.15, 0.2) is 0 Å². The van der Waals surface area contributed by atoms with E-state index in [-0.39, 0.29) is 17.8 Å². The van der Waals surface area contributed by atoms with Crippen molar-refractivity contribution < 1.29 is 13.9 Å². The van der Waals surface area contributed by atoms with Gasteiger partial charge < -0.3 is 15.4 Å². The summed E-state index contributed by atoms with van der Waals surface area (Å²) in [6.07, 6.45) is 2.37. The summed E-state index contributed by atoms with van der Waals surface area (Å²) in [6.45, 7) is 1.41. The fourth-order valence-corrected chi connectivity index (χ4v) is 2.85. The zero-order chi connectivity index (χ0) is 15.2. The summed E-state index contributed by atoms with van der Waals surface area (Å²) in [7, 11) is 0. The van der Waals surface area contributed by atoms with Gasteiger partial charge in [0.05, 0.1) is 19.2 Å². The van der Waals surface area contributed by atoms with Crippen molar-refractivity contribution in [2.75, 3.05) is 31.7 Å². The normalized spacial score (nSPS) is 20.3. The lowest BCUT2D eigenvalue weighted by molar-refractivity contribution is -0.140. The van der Waals surface area contributed by atoms with Gasteiger partial charge in [-0.2, -0.15) is 11.8 Å². The van der Waals surface area contributed by atoms with E-state index in [0.717, 1.165) is 11.3 Å². The molecule has 1 aliphatic heterocycles. The Hall–Kier alpha value is -1.11. The molecule has 0 radical (unpaired) electrons. The Labute approximate surface area is 128 Å². The number of nitrogens with zero attached hydrogens (tertiary/aromatic N) is 1. The van der Waals surface area contributed by atoms with Gasteiger partial charge in [0.1, 0.15) is 11.9 Å². The van der Waals surface area contributed by atoms with E-state index in [1.807, 2.05) is 12.3 Å². The first-order valence-electron chi connectivity index (χ1n) is 7.02. The molecule has 2 rings (SSSR count). The standard InChI is InChI=1S/C15H21FN2O2S/c1-21-8-5-13(17)15(19)18-6-7-20-14(10-18)11-3-2-4-12(16)9-11/h2-4,9,13-14H,5-8,10,17H2,1H3/t13-,14+/m0/s1. The highest BCUT2D eigenvalue weighted by molar-refractivity contribution is 7.98. The second-order valence-electron chi connectivity index (χ2n) is 5.09. The minimum absolute atomic E-state index is 0.0475. The summed E-state index contributed by atoms with van der Waals surface area (Å²) >= 11 is 1.68. The maximum atomic E-state index is 13.3. The van der Waals surface area contributed by atoms with Crippen molar-refractivity contribution in [3.8, 4) is 0 Å². The first-order chi connectivity index (χ1) is 10.1. The van der Waals surface area contributed by atoms with Gasteiger partial charge in [0.25, 0.3) is 0 Å². The van der Waals surface area contributed by atoms with Gasteiger partial charge in [-0.25, -0.2) is 4.39 Å². The molecule has 116 valence electrons. The molecule has 4 nitrogen and oxygen atoms in total. The van der Waals surface area contributed by atoms with Gasteiger partial charge >= 0.3 is 0 Å². The molecule has 1 aromatic rings. The second kappa shape index (κ2) is 7.77. The second-order valence-corrected chi connectivity index (χ2v) is 6.07. The molecular formula is C15H21FN2O2S. The van der Waals surface area contributed by atoms with Crippen LogP contribution in [0.3, 0.4) is 0 Å². The summed E-state index contributed by atoms with van der Waals surface area (Å²) in [4.78, 5) is 14.0. The molecular weight excluding hydrogens is 291 g/mol. The van der Waals surface area contributed by atoms with E-state index in [0.29, 0.717) is 26.1 Å². The molecule has 0 unspecified atom stereocenters. The van der Waals surface area contributed by atoms with Crippen LogP contribution in [0.4, 0.5) is 4.39 Å². The van der Waals surface area contributed by atoms with Gasteiger partial charge in [-0.05, 0) is 36.1 Å². The van der Waals surface area contributed by atoms with Gasteiger partial charge in [-0.1, -0.05) is 12.1 Å². The third-order valence-electron chi connectivity index (χ3n) is 3.55. The first-order valence-corrected chi connectivity index (χ1v) is 8.41. The number of carbonyl (C=O) groups is 1. The molecule has 21 heavy (non-hydrogen) atoms. The van der Waals surface area contributed by atoms with Gasteiger partial charge in [0.2, 0.25) is 5.91 Å². The highest BCUT2D eigenvalue weighted by atomic mass is 32.2. The van der Waals surface area contributed by atoms with E-state index in [1.165, 1.54) is 12.1 Å². The number of halogens is 1. The van der Waals surface area contributed by atoms with Crippen molar-refractivity contribution in [3.05, 3.63) is 35.6 Å². The van der Waals surface area contributed by atoms with Crippen LogP contribution in [0.5, 0.6) is 0 Å². The molecule has 1 fully saturated rings. The molecule has 1 amide bonds. The lowest BCUT2D eigenvalue weighted by atomic mass is 10.1. The molecule has 0 bridgehead atoms. The van der Waals surface area contributed by atoms with Crippen molar-refractivity contribution in [2.24, 2.45) is 5.73 Å². The number of hydrogen-bond donors (Lipinski definition) is 1. The smallest absolute Gasteiger partial charge is 0.239 e. The van der Waals surface area contributed by atoms with Gasteiger partial charge in [-0.15, -0.1) is 0 Å². The van der Waals surface area contributed by atoms with Gasteiger partial charge in [0, 0.05) is 6.54 Å². The van der Waals surface area contributed by atoms with Crippen LogP contribution in [0, 0.1) is 5.82 Å². The van der Waals surface area contributed by atoms with Crippen molar-refractivity contribution in [1.82, 2.24) is 4.90 Å². The highest BCUT2D eigenvalue weighted by Crippen LogP contribution is 2.23. The monoisotopic (exact) mass is 312 g/mol. The first kappa shape index (κ1) is 16.3. The number of carbonyl (C=O) groups excluding carboxylic acids is 1. The molecule has 6 heteroatoms. The van der Waals surface area contributed by atoms with E-state index in [9.17, 15) is 9.18 Å². The van der Waals surface area contributed by atoms with E-state index < -0.39 is 6.04 Å². The number of rotatable bonds is 5. The number of benzene rings is 1. The fourth-order valence-electron chi connectivity index (χ4n) is 2.36. The Balaban J connectivity index is 1.98. The maximum Gasteiger partial charge on any atom is 0.239 e. The topological polar surface area (TPSA) is 55.6 Å². The van der Waals surface area contributed by atoms with E-state index >= 15 is 0 Å². The van der Waals surface area contributed by atoms with Crippen molar-refractivity contribution >= 4 is 17.7 Å². The van der Waals surface area contributed by atoms with Crippen LogP contribution in [-0.2, 0) is 9.53 Å². The number of thioether (sulfide) groups is 1. The molecule has 2 atom stereocenters. The van der Waals surface area contributed by atoms with Crippen molar-refractivity contribution in [3.63, 3.8) is 0 Å². The molecule has 0 saturated carbocycles.